The number of hydrogen-bond donors (Lipinski definition) is 3. The largest absolute Gasteiger partial charge is 0.444 e. The topological polar surface area (TPSA) is 129 Å². The van der Waals surface area contributed by atoms with Gasteiger partial charge in [0.25, 0.3) is 0 Å². The van der Waals surface area contributed by atoms with Gasteiger partial charge < -0.3 is 15.4 Å². The molecule has 0 saturated heterocycles. The van der Waals surface area contributed by atoms with Crippen molar-refractivity contribution >= 4 is 39.9 Å². The van der Waals surface area contributed by atoms with Crippen LogP contribution in [0.4, 0.5) is 20.3 Å². The fraction of sp³-hybridized carbons (Fsp3) is 0.367. The Bertz CT molecular complexity index is 1380. The maximum absolute atomic E-state index is 12.8. The zero-order valence-electron chi connectivity index (χ0n) is 23.5. The number of carbonyl (C=O) groups excluding carboxylic acids is 3. The van der Waals surface area contributed by atoms with Crippen LogP contribution < -0.4 is 16.0 Å². The molecular formula is C30H35N5O5S. The third kappa shape index (κ3) is 8.45. The lowest BCUT2D eigenvalue weighted by molar-refractivity contribution is 0.0525. The minimum Gasteiger partial charge on any atom is -0.444 e. The van der Waals surface area contributed by atoms with Gasteiger partial charge in [0.15, 0.2) is 5.78 Å². The van der Waals surface area contributed by atoms with Gasteiger partial charge in [0.1, 0.15) is 17.1 Å². The molecule has 1 aliphatic heterocycles. The smallest absolute Gasteiger partial charge is 0.407 e. The SMILES string of the molecule is CC(C)(C)OC(=O)NCCCN1CCc2c(sc(NC(=O)Nc3ccc(C(=O)c4ccccc4)cc3)c2CN=O)C1. The Kier molecular flexibility index (Phi) is 9.85. The number of hydrogen-bond acceptors (Lipinski definition) is 8. The maximum atomic E-state index is 12.8. The molecule has 3 aromatic rings. The lowest BCUT2D eigenvalue weighted by atomic mass is 10.0. The number of ketones is 1. The van der Waals surface area contributed by atoms with E-state index in [2.05, 4.69) is 26.0 Å². The van der Waals surface area contributed by atoms with Gasteiger partial charge in [-0.3, -0.25) is 15.0 Å². The second-order valence-electron chi connectivity index (χ2n) is 10.8. The van der Waals surface area contributed by atoms with Crippen molar-refractivity contribution in [1.29, 1.82) is 0 Å². The number of nitrogens with one attached hydrogen (secondary N) is 3. The van der Waals surface area contributed by atoms with Crippen LogP contribution in [0.1, 0.15) is 59.1 Å². The summed E-state index contributed by atoms with van der Waals surface area (Å²) in [5.74, 6) is -0.0925. The Morgan fingerprint density at radius 1 is 1.00 bits per heavy atom. The molecule has 216 valence electrons. The van der Waals surface area contributed by atoms with Gasteiger partial charge in [-0.25, -0.2) is 9.59 Å². The van der Waals surface area contributed by atoms with E-state index in [4.69, 9.17) is 4.74 Å². The fourth-order valence-electron chi connectivity index (χ4n) is 4.58. The van der Waals surface area contributed by atoms with Crippen LogP contribution in [0.15, 0.2) is 59.8 Å². The third-order valence-electron chi connectivity index (χ3n) is 6.46. The summed E-state index contributed by atoms with van der Waals surface area (Å²) in [5, 5.41) is 12.2. The van der Waals surface area contributed by atoms with Crippen molar-refractivity contribution in [3.05, 3.63) is 86.6 Å². The number of thiophene rings is 1. The number of alkyl carbamates (subject to hydrolysis) is 1. The van der Waals surface area contributed by atoms with Crippen molar-refractivity contribution in [1.82, 2.24) is 10.2 Å². The molecule has 3 N–H and O–H groups in total. The summed E-state index contributed by atoms with van der Waals surface area (Å²) in [5.41, 5.74) is 2.95. The number of nitrogens with zero attached hydrogens (tertiary/aromatic N) is 2. The van der Waals surface area contributed by atoms with E-state index in [-0.39, 0.29) is 12.3 Å². The van der Waals surface area contributed by atoms with Crippen molar-refractivity contribution in [2.45, 2.75) is 52.3 Å². The van der Waals surface area contributed by atoms with Gasteiger partial charge in [0.05, 0.1) is 0 Å². The highest BCUT2D eigenvalue weighted by molar-refractivity contribution is 7.16. The highest BCUT2D eigenvalue weighted by Gasteiger charge is 2.25. The summed E-state index contributed by atoms with van der Waals surface area (Å²) in [6, 6.07) is 15.3. The molecule has 2 heterocycles. The van der Waals surface area contributed by atoms with Crippen LogP contribution in [-0.4, -0.2) is 48.0 Å². The highest BCUT2D eigenvalue weighted by Crippen LogP contribution is 2.37. The predicted molar refractivity (Wildman–Crippen MR) is 161 cm³/mol. The molecule has 0 aliphatic carbocycles. The molecule has 0 fully saturated rings. The number of amides is 3. The molecule has 2 aromatic carbocycles. The van der Waals surface area contributed by atoms with Crippen molar-refractivity contribution in [3.63, 3.8) is 0 Å². The van der Waals surface area contributed by atoms with Crippen LogP contribution in [0.25, 0.3) is 0 Å². The summed E-state index contributed by atoms with van der Waals surface area (Å²) in [4.78, 5) is 51.9. The van der Waals surface area contributed by atoms with Gasteiger partial charge in [-0.05, 0) is 63.4 Å². The highest BCUT2D eigenvalue weighted by atomic mass is 32.1. The molecule has 10 nitrogen and oxygen atoms in total. The molecule has 0 unspecified atom stereocenters. The van der Waals surface area contributed by atoms with Gasteiger partial charge in [-0.1, -0.05) is 35.5 Å². The lowest BCUT2D eigenvalue weighted by Crippen LogP contribution is -2.35. The van der Waals surface area contributed by atoms with E-state index in [1.165, 1.54) is 11.3 Å². The quantitative estimate of drug-likeness (QED) is 0.150. The first-order valence-electron chi connectivity index (χ1n) is 13.5. The molecule has 0 atom stereocenters. The lowest BCUT2D eigenvalue weighted by Gasteiger charge is -2.27. The van der Waals surface area contributed by atoms with Gasteiger partial charge in [0, 0.05) is 53.4 Å². The Balaban J connectivity index is 1.32. The van der Waals surface area contributed by atoms with E-state index >= 15 is 0 Å². The van der Waals surface area contributed by atoms with Gasteiger partial charge in [-0.2, -0.15) is 4.91 Å². The zero-order valence-corrected chi connectivity index (χ0v) is 24.3. The molecule has 0 saturated carbocycles. The number of ether oxygens (including phenoxy) is 1. The first-order chi connectivity index (χ1) is 19.6. The number of fused-ring (bicyclic) bond motifs is 1. The number of rotatable bonds is 10. The minimum atomic E-state index is -0.531. The van der Waals surface area contributed by atoms with Gasteiger partial charge in [-0.15, -0.1) is 11.3 Å². The number of benzene rings is 2. The second kappa shape index (κ2) is 13.5. The molecule has 1 aliphatic rings. The van der Waals surface area contributed by atoms with E-state index in [0.29, 0.717) is 34.9 Å². The molecule has 0 radical (unpaired) electrons. The van der Waals surface area contributed by atoms with E-state index in [0.717, 1.165) is 41.9 Å². The van der Waals surface area contributed by atoms with Crippen LogP contribution in [0, 0.1) is 4.91 Å². The molecule has 3 amide bonds. The van der Waals surface area contributed by atoms with Crippen molar-refractivity contribution in [2.75, 3.05) is 30.3 Å². The van der Waals surface area contributed by atoms with E-state index < -0.39 is 17.7 Å². The van der Waals surface area contributed by atoms with Crippen LogP contribution in [0.3, 0.4) is 0 Å². The fourth-order valence-corrected chi connectivity index (χ4v) is 5.88. The molecule has 4 rings (SSSR count). The van der Waals surface area contributed by atoms with Crippen molar-refractivity contribution < 1.29 is 19.1 Å². The Hall–Kier alpha value is -4.09. The van der Waals surface area contributed by atoms with E-state index in [1.54, 1.807) is 36.4 Å². The predicted octanol–water partition coefficient (Wildman–Crippen LogP) is 6.16. The van der Waals surface area contributed by atoms with Gasteiger partial charge >= 0.3 is 12.1 Å². The van der Waals surface area contributed by atoms with E-state index in [1.807, 2.05) is 39.0 Å². The first kappa shape index (κ1) is 29.9. The monoisotopic (exact) mass is 577 g/mol. The molecule has 0 spiro atoms. The van der Waals surface area contributed by atoms with Crippen molar-refractivity contribution in [3.8, 4) is 0 Å². The van der Waals surface area contributed by atoms with Crippen LogP contribution in [0.2, 0.25) is 0 Å². The third-order valence-corrected chi connectivity index (χ3v) is 7.63. The Morgan fingerprint density at radius 3 is 2.39 bits per heavy atom. The first-order valence-corrected chi connectivity index (χ1v) is 14.3. The summed E-state index contributed by atoms with van der Waals surface area (Å²) in [7, 11) is 0. The summed E-state index contributed by atoms with van der Waals surface area (Å²) in [6.45, 7) is 8.27. The average Bonchev–Trinajstić information content (AvgIpc) is 3.26. The number of carbonyl (C=O) groups is 3. The zero-order chi connectivity index (χ0) is 29.4. The number of nitroso groups, excluding NO2 is 1. The molecule has 41 heavy (non-hydrogen) atoms. The van der Waals surface area contributed by atoms with Crippen LogP contribution in [-0.2, 0) is 24.2 Å². The van der Waals surface area contributed by atoms with Crippen molar-refractivity contribution in [2.24, 2.45) is 5.18 Å². The summed E-state index contributed by atoms with van der Waals surface area (Å²) >= 11 is 1.45. The molecule has 11 heteroatoms. The minimum absolute atomic E-state index is 0.0163. The molecule has 1 aromatic heterocycles. The number of anilines is 2. The van der Waals surface area contributed by atoms with E-state index in [9.17, 15) is 19.3 Å². The summed E-state index contributed by atoms with van der Waals surface area (Å²) in [6.07, 6.45) is 1.09. The Morgan fingerprint density at radius 2 is 1.71 bits per heavy atom. The second-order valence-corrected chi connectivity index (χ2v) is 11.9. The Labute approximate surface area is 243 Å². The normalized spacial score (nSPS) is 13.1. The van der Waals surface area contributed by atoms with Crippen LogP contribution in [0.5, 0.6) is 0 Å². The standard InChI is InChI=1S/C30H35N5O5S/c1-30(2,3)40-29(38)31-15-7-16-35-17-14-23-24(18-32-39)27(41-25(23)19-35)34-28(37)33-22-12-10-21(11-13-22)26(36)20-8-5-4-6-9-20/h4-6,8-13H,7,14-19H2,1-3H3,(H,31,38)(H2,33,34,37). The van der Waals surface area contributed by atoms with Crippen LogP contribution >= 0.6 is 11.3 Å². The van der Waals surface area contributed by atoms with Gasteiger partial charge in [0.2, 0.25) is 0 Å². The number of urea groups is 1. The molecule has 0 bridgehead atoms. The summed E-state index contributed by atoms with van der Waals surface area (Å²) < 4.78 is 5.27. The average molecular weight is 578 g/mol. The maximum Gasteiger partial charge on any atom is 0.407 e. The molecular weight excluding hydrogens is 542 g/mol.